The van der Waals surface area contributed by atoms with Crippen LogP contribution in [0.1, 0.15) is 34.1 Å². The van der Waals surface area contributed by atoms with E-state index in [1.54, 1.807) is 9.80 Å². The molecule has 1 aromatic heterocycles. The summed E-state index contributed by atoms with van der Waals surface area (Å²) in [6, 6.07) is 33.4. The van der Waals surface area contributed by atoms with Crippen molar-refractivity contribution in [2.24, 2.45) is 0 Å². The molecule has 2 amide bonds. The van der Waals surface area contributed by atoms with Crippen LogP contribution in [0.3, 0.4) is 0 Å². The molecule has 218 valence electrons. The minimum absolute atomic E-state index is 0.0220. The Hall–Kier alpha value is -4.20. The smallest absolute Gasteiger partial charge is 0.242 e. The van der Waals surface area contributed by atoms with E-state index in [4.69, 9.17) is 9.15 Å². The number of carbonyl (C=O) groups excluding carboxylic acids is 2. The number of carbonyl (C=O) groups is 2. The molecule has 3 aromatic carbocycles. The minimum Gasteiger partial charge on any atom is -0.464 e. The summed E-state index contributed by atoms with van der Waals surface area (Å²) in [4.78, 5) is 34.4. The van der Waals surface area contributed by atoms with Gasteiger partial charge in [0.2, 0.25) is 11.8 Å². The van der Waals surface area contributed by atoms with Crippen LogP contribution in [0.2, 0.25) is 0 Å². The largest absolute Gasteiger partial charge is 0.464 e. The molecule has 0 unspecified atom stereocenters. The van der Waals surface area contributed by atoms with Crippen LogP contribution in [0.5, 0.6) is 0 Å². The molecule has 0 bridgehead atoms. The van der Waals surface area contributed by atoms with Gasteiger partial charge in [-0.3, -0.25) is 14.5 Å². The monoisotopic (exact) mass is 565 g/mol. The fourth-order valence-electron chi connectivity index (χ4n) is 5.36. The third kappa shape index (κ3) is 7.96. The molecule has 0 aliphatic carbocycles. The third-order valence-electron chi connectivity index (χ3n) is 7.65. The third-order valence-corrected chi connectivity index (χ3v) is 7.65. The quantitative estimate of drug-likeness (QED) is 0.239. The molecule has 5 rings (SSSR count). The van der Waals surface area contributed by atoms with E-state index in [-0.39, 0.29) is 18.4 Å². The first-order valence-electron chi connectivity index (χ1n) is 14.6. The molecule has 2 heterocycles. The number of aryl methyl sites for hydroxylation is 1. The van der Waals surface area contributed by atoms with Crippen LogP contribution in [-0.4, -0.2) is 72.5 Å². The second kappa shape index (κ2) is 14.6. The van der Waals surface area contributed by atoms with Gasteiger partial charge in [-0.15, -0.1) is 0 Å². The van der Waals surface area contributed by atoms with Crippen molar-refractivity contribution in [3.63, 3.8) is 0 Å². The van der Waals surface area contributed by atoms with Gasteiger partial charge in [0.25, 0.3) is 0 Å². The van der Waals surface area contributed by atoms with Gasteiger partial charge in [-0.1, -0.05) is 91.0 Å². The van der Waals surface area contributed by atoms with Crippen molar-refractivity contribution in [3.8, 4) is 0 Å². The Bertz CT molecular complexity index is 1360. The van der Waals surface area contributed by atoms with E-state index in [1.165, 1.54) is 0 Å². The predicted octanol–water partition coefficient (Wildman–Crippen LogP) is 5.11. The molecule has 1 fully saturated rings. The van der Waals surface area contributed by atoms with Crippen molar-refractivity contribution in [1.82, 2.24) is 14.7 Å². The molecule has 1 aliphatic heterocycles. The van der Waals surface area contributed by atoms with Crippen molar-refractivity contribution < 1.29 is 18.7 Å². The fourth-order valence-corrected chi connectivity index (χ4v) is 5.36. The van der Waals surface area contributed by atoms with Crippen LogP contribution < -0.4 is 0 Å². The SMILES string of the molecule is Cc1ccc(CN(Cc2ccccc2)C(=O)CN(CCN2CCOCC2)C(=O)C(c2ccccc2)c2ccccc2)o1. The van der Waals surface area contributed by atoms with E-state index in [0.29, 0.717) is 39.4 Å². The number of benzene rings is 3. The van der Waals surface area contributed by atoms with Crippen molar-refractivity contribution >= 4 is 11.8 Å². The van der Waals surface area contributed by atoms with Gasteiger partial charge < -0.3 is 19.0 Å². The molecule has 42 heavy (non-hydrogen) atoms. The Morgan fingerprint density at radius 2 is 1.36 bits per heavy atom. The molecule has 0 N–H and O–H groups in total. The zero-order valence-electron chi connectivity index (χ0n) is 24.2. The van der Waals surface area contributed by atoms with Crippen LogP contribution >= 0.6 is 0 Å². The molecular formula is C35H39N3O4. The molecule has 0 radical (unpaired) electrons. The topological polar surface area (TPSA) is 66.2 Å². The highest BCUT2D eigenvalue weighted by molar-refractivity contribution is 5.91. The number of amides is 2. The number of furan rings is 1. The summed E-state index contributed by atoms with van der Waals surface area (Å²) in [6.45, 7) is 6.73. The van der Waals surface area contributed by atoms with Gasteiger partial charge in [0.1, 0.15) is 11.5 Å². The van der Waals surface area contributed by atoms with Gasteiger partial charge in [-0.25, -0.2) is 0 Å². The van der Waals surface area contributed by atoms with Crippen molar-refractivity contribution in [2.45, 2.75) is 25.9 Å². The van der Waals surface area contributed by atoms with Crippen molar-refractivity contribution in [2.75, 3.05) is 45.9 Å². The number of rotatable bonds is 12. The Kier molecular flexibility index (Phi) is 10.2. The van der Waals surface area contributed by atoms with E-state index in [2.05, 4.69) is 4.90 Å². The number of nitrogens with zero attached hydrogens (tertiary/aromatic N) is 3. The number of hydrogen-bond acceptors (Lipinski definition) is 5. The Morgan fingerprint density at radius 1 is 0.762 bits per heavy atom. The number of morpholine rings is 1. The lowest BCUT2D eigenvalue weighted by Crippen LogP contribution is -2.48. The normalized spacial score (nSPS) is 13.7. The van der Waals surface area contributed by atoms with Crippen molar-refractivity contribution in [1.29, 1.82) is 0 Å². The van der Waals surface area contributed by atoms with E-state index >= 15 is 0 Å². The zero-order valence-corrected chi connectivity index (χ0v) is 24.2. The van der Waals surface area contributed by atoms with Gasteiger partial charge >= 0.3 is 0 Å². The summed E-state index contributed by atoms with van der Waals surface area (Å²) in [7, 11) is 0. The summed E-state index contributed by atoms with van der Waals surface area (Å²) in [5, 5.41) is 0. The van der Waals surface area contributed by atoms with Gasteiger partial charge in [0, 0.05) is 32.7 Å². The van der Waals surface area contributed by atoms with Gasteiger partial charge in [0.15, 0.2) is 0 Å². The second-order valence-electron chi connectivity index (χ2n) is 10.7. The van der Waals surface area contributed by atoms with E-state index in [1.807, 2.05) is 110 Å². The standard InChI is InChI=1S/C35H39N3O4/c1-28-17-18-32(42-28)26-38(25-29-11-5-2-6-12-29)33(39)27-37(20-19-36-21-23-41-24-22-36)35(40)34(30-13-7-3-8-14-30)31-15-9-4-10-16-31/h2-18,34H,19-27H2,1H3. The second-order valence-corrected chi connectivity index (χ2v) is 10.7. The molecule has 0 atom stereocenters. The summed E-state index contributed by atoms with van der Waals surface area (Å²) in [5.41, 5.74) is 2.83. The highest BCUT2D eigenvalue weighted by atomic mass is 16.5. The molecule has 4 aromatic rings. The lowest BCUT2D eigenvalue weighted by molar-refractivity contribution is -0.142. The number of hydrogen-bond donors (Lipinski definition) is 0. The van der Waals surface area contributed by atoms with Crippen molar-refractivity contribution in [3.05, 3.63) is 131 Å². The van der Waals surface area contributed by atoms with Crippen LogP contribution in [0.15, 0.2) is 108 Å². The average Bonchev–Trinajstić information content (AvgIpc) is 3.45. The van der Waals surface area contributed by atoms with E-state index < -0.39 is 5.92 Å². The van der Waals surface area contributed by atoms with Crippen LogP contribution in [0, 0.1) is 6.92 Å². The highest BCUT2D eigenvalue weighted by Crippen LogP contribution is 2.27. The Labute approximate surface area is 248 Å². The van der Waals surface area contributed by atoms with Gasteiger partial charge in [-0.2, -0.15) is 0 Å². The van der Waals surface area contributed by atoms with Crippen LogP contribution in [0.4, 0.5) is 0 Å². The first-order valence-corrected chi connectivity index (χ1v) is 14.6. The fraction of sp³-hybridized carbons (Fsp3) is 0.314. The summed E-state index contributed by atoms with van der Waals surface area (Å²) in [6.07, 6.45) is 0. The minimum atomic E-state index is -0.514. The zero-order chi connectivity index (χ0) is 29.1. The highest BCUT2D eigenvalue weighted by Gasteiger charge is 2.30. The maximum Gasteiger partial charge on any atom is 0.242 e. The lowest BCUT2D eigenvalue weighted by atomic mass is 9.90. The average molecular weight is 566 g/mol. The van der Waals surface area contributed by atoms with Crippen LogP contribution in [-0.2, 0) is 27.4 Å². The van der Waals surface area contributed by atoms with E-state index in [9.17, 15) is 9.59 Å². The molecule has 1 saturated heterocycles. The van der Waals surface area contributed by atoms with E-state index in [0.717, 1.165) is 41.3 Å². The lowest BCUT2D eigenvalue weighted by Gasteiger charge is -2.33. The Balaban J connectivity index is 1.42. The molecular weight excluding hydrogens is 526 g/mol. The number of ether oxygens (including phenoxy) is 1. The predicted molar refractivity (Wildman–Crippen MR) is 163 cm³/mol. The summed E-state index contributed by atoms with van der Waals surface area (Å²) in [5.74, 6) is 0.799. The maximum absolute atomic E-state index is 14.5. The molecule has 7 nitrogen and oxygen atoms in total. The van der Waals surface area contributed by atoms with Crippen LogP contribution in [0.25, 0.3) is 0 Å². The molecule has 0 saturated carbocycles. The first kappa shape index (κ1) is 29.3. The maximum atomic E-state index is 14.5. The summed E-state index contributed by atoms with van der Waals surface area (Å²) >= 11 is 0. The van der Waals surface area contributed by atoms with Gasteiger partial charge in [-0.05, 0) is 35.7 Å². The van der Waals surface area contributed by atoms with Gasteiger partial charge in [0.05, 0.1) is 32.2 Å². The summed E-state index contributed by atoms with van der Waals surface area (Å²) < 4.78 is 11.4. The molecule has 7 heteroatoms. The molecule has 1 aliphatic rings. The Morgan fingerprint density at radius 3 is 1.93 bits per heavy atom. The molecule has 0 spiro atoms. The first-order chi connectivity index (χ1) is 20.6.